The van der Waals surface area contributed by atoms with Gasteiger partial charge in [0.1, 0.15) is 5.69 Å². The highest BCUT2D eigenvalue weighted by molar-refractivity contribution is 7.10. The molecule has 0 bridgehead atoms. The monoisotopic (exact) mass is 276 g/mol. The Hall–Kier alpha value is -2.08. The third kappa shape index (κ3) is 2.68. The summed E-state index contributed by atoms with van der Waals surface area (Å²) in [6.45, 7) is 2.06. The van der Waals surface area contributed by atoms with Gasteiger partial charge in [0.2, 0.25) is 0 Å². The fraction of sp³-hybridized carbons (Fsp3) is 0.231. The second-order valence-corrected chi connectivity index (χ2v) is 5.26. The molecule has 0 spiro atoms. The topological polar surface area (TPSA) is 85.2 Å². The minimum Gasteiger partial charge on any atom is -0.396 e. The Bertz CT molecular complexity index is 582. The van der Waals surface area contributed by atoms with Gasteiger partial charge < -0.3 is 16.4 Å². The number of aromatic nitrogens is 1. The van der Waals surface area contributed by atoms with Gasteiger partial charge in [-0.2, -0.15) is 0 Å². The van der Waals surface area contributed by atoms with Gasteiger partial charge in [-0.3, -0.25) is 4.79 Å². The van der Waals surface area contributed by atoms with Gasteiger partial charge in [0, 0.05) is 11.9 Å². The molecule has 2 aromatic heterocycles. The average molecular weight is 276 g/mol. The van der Waals surface area contributed by atoms with E-state index in [1.807, 2.05) is 23.4 Å². The van der Waals surface area contributed by atoms with E-state index in [2.05, 4.69) is 18.0 Å². The first-order valence-electron chi connectivity index (χ1n) is 5.83. The molecule has 2 heterocycles. The van der Waals surface area contributed by atoms with Gasteiger partial charge >= 0.3 is 0 Å². The maximum atomic E-state index is 11.2. The molecule has 5 nitrogen and oxygen atoms in total. The molecule has 0 saturated heterocycles. The van der Waals surface area contributed by atoms with Crippen LogP contribution in [0.25, 0.3) is 0 Å². The van der Waals surface area contributed by atoms with Gasteiger partial charge in [0.15, 0.2) is 5.82 Å². The molecule has 2 aromatic rings. The van der Waals surface area contributed by atoms with Gasteiger partial charge in [0.25, 0.3) is 5.91 Å². The third-order valence-electron chi connectivity index (χ3n) is 3.03. The number of hydrogen-bond donors (Lipinski definition) is 2. The van der Waals surface area contributed by atoms with Crippen LogP contribution >= 0.6 is 11.3 Å². The number of hydrogen-bond acceptors (Lipinski definition) is 5. The summed E-state index contributed by atoms with van der Waals surface area (Å²) in [7, 11) is 1.90. The number of amides is 1. The van der Waals surface area contributed by atoms with E-state index in [1.165, 1.54) is 10.9 Å². The van der Waals surface area contributed by atoms with E-state index in [1.54, 1.807) is 17.4 Å². The number of nitrogens with two attached hydrogens (primary N) is 2. The number of pyridine rings is 1. The van der Waals surface area contributed by atoms with Crippen LogP contribution in [-0.4, -0.2) is 17.9 Å². The van der Waals surface area contributed by atoms with Crippen molar-refractivity contribution in [3.05, 3.63) is 40.2 Å². The molecular formula is C13H16N4OS. The Kier molecular flexibility index (Phi) is 3.71. The smallest absolute Gasteiger partial charge is 0.267 e. The van der Waals surface area contributed by atoms with Gasteiger partial charge in [-0.1, -0.05) is 6.07 Å². The van der Waals surface area contributed by atoms with E-state index < -0.39 is 5.91 Å². The van der Waals surface area contributed by atoms with Crippen molar-refractivity contribution in [3.63, 3.8) is 0 Å². The summed E-state index contributed by atoms with van der Waals surface area (Å²) in [6.07, 6.45) is 0. The molecule has 1 amide bonds. The first kappa shape index (κ1) is 13.4. The number of primary amides is 1. The largest absolute Gasteiger partial charge is 0.396 e. The van der Waals surface area contributed by atoms with E-state index in [4.69, 9.17) is 11.5 Å². The molecule has 0 aliphatic heterocycles. The van der Waals surface area contributed by atoms with Gasteiger partial charge in [0.05, 0.1) is 11.7 Å². The average Bonchev–Trinajstić information content (AvgIpc) is 2.91. The predicted octanol–water partition coefficient (Wildman–Crippen LogP) is 2.02. The molecule has 6 heteroatoms. The Morgan fingerprint density at radius 2 is 2.16 bits per heavy atom. The zero-order valence-corrected chi connectivity index (χ0v) is 11.6. The molecule has 1 atom stereocenters. The summed E-state index contributed by atoms with van der Waals surface area (Å²) in [5.74, 6) is 0.00984. The van der Waals surface area contributed by atoms with Crippen LogP contribution in [0.1, 0.15) is 28.3 Å². The number of thiophene rings is 1. The number of nitrogen functional groups attached to an aromatic ring is 1. The van der Waals surface area contributed by atoms with Gasteiger partial charge in [-0.15, -0.1) is 11.3 Å². The van der Waals surface area contributed by atoms with Crippen LogP contribution in [0.4, 0.5) is 11.5 Å². The maximum Gasteiger partial charge on any atom is 0.267 e. The second-order valence-electron chi connectivity index (χ2n) is 4.28. The number of carbonyl (C=O) groups is 1. The standard InChI is InChI=1S/C13H16N4OS/c1-8(11-4-3-7-19-11)17(2)13-9(14)5-6-10(16-13)12(15)18/h3-8H,14H2,1-2H3,(H2,15,18). The first-order valence-corrected chi connectivity index (χ1v) is 6.71. The van der Waals surface area contributed by atoms with E-state index in [0.29, 0.717) is 11.5 Å². The molecule has 0 aliphatic carbocycles. The van der Waals surface area contributed by atoms with Gasteiger partial charge in [-0.25, -0.2) is 4.98 Å². The fourth-order valence-electron chi connectivity index (χ4n) is 1.78. The van der Waals surface area contributed by atoms with E-state index >= 15 is 0 Å². The highest BCUT2D eigenvalue weighted by atomic mass is 32.1. The molecule has 0 fully saturated rings. The van der Waals surface area contributed by atoms with Crippen LogP contribution < -0.4 is 16.4 Å². The lowest BCUT2D eigenvalue weighted by atomic mass is 10.2. The van der Waals surface area contributed by atoms with Gasteiger partial charge in [-0.05, 0) is 30.5 Å². The quantitative estimate of drug-likeness (QED) is 0.894. The zero-order chi connectivity index (χ0) is 14.0. The molecular weight excluding hydrogens is 260 g/mol. The van der Waals surface area contributed by atoms with Crippen molar-refractivity contribution >= 4 is 28.7 Å². The van der Waals surface area contributed by atoms with Crippen LogP contribution in [0.3, 0.4) is 0 Å². The van der Waals surface area contributed by atoms with Crippen LogP contribution in [0, 0.1) is 0 Å². The Morgan fingerprint density at radius 1 is 1.42 bits per heavy atom. The summed E-state index contributed by atoms with van der Waals surface area (Å²) in [5.41, 5.74) is 11.9. The third-order valence-corrected chi connectivity index (χ3v) is 4.07. The Labute approximate surface area is 115 Å². The summed E-state index contributed by atoms with van der Waals surface area (Å²) in [6, 6.07) is 7.36. The van der Waals surface area contributed by atoms with Crippen molar-refractivity contribution in [2.24, 2.45) is 5.73 Å². The normalized spacial score (nSPS) is 12.1. The van der Waals surface area contributed by atoms with Crippen molar-refractivity contribution in [1.29, 1.82) is 0 Å². The minimum atomic E-state index is -0.557. The lowest BCUT2D eigenvalue weighted by Gasteiger charge is -2.26. The van der Waals surface area contributed by atoms with Crippen molar-refractivity contribution in [2.45, 2.75) is 13.0 Å². The van der Waals surface area contributed by atoms with Crippen LogP contribution in [0.5, 0.6) is 0 Å². The lowest BCUT2D eigenvalue weighted by molar-refractivity contribution is 0.0995. The number of carbonyl (C=O) groups excluding carboxylic acids is 1. The first-order chi connectivity index (χ1) is 9.00. The van der Waals surface area contributed by atoms with Crippen molar-refractivity contribution in [2.75, 3.05) is 17.7 Å². The van der Waals surface area contributed by atoms with E-state index in [0.717, 1.165) is 0 Å². The van der Waals surface area contributed by atoms with Crippen molar-refractivity contribution in [3.8, 4) is 0 Å². The molecule has 1 unspecified atom stereocenters. The Morgan fingerprint density at radius 3 is 2.74 bits per heavy atom. The summed E-state index contributed by atoms with van der Waals surface area (Å²) >= 11 is 1.67. The summed E-state index contributed by atoms with van der Waals surface area (Å²) < 4.78 is 0. The van der Waals surface area contributed by atoms with Crippen LogP contribution in [-0.2, 0) is 0 Å². The molecule has 19 heavy (non-hydrogen) atoms. The molecule has 0 radical (unpaired) electrons. The minimum absolute atomic E-state index is 0.123. The molecule has 2 rings (SSSR count). The van der Waals surface area contributed by atoms with Crippen molar-refractivity contribution < 1.29 is 4.79 Å². The number of anilines is 2. The molecule has 0 saturated carbocycles. The Balaban J connectivity index is 2.35. The summed E-state index contributed by atoms with van der Waals surface area (Å²) in [5, 5.41) is 2.02. The van der Waals surface area contributed by atoms with E-state index in [-0.39, 0.29) is 11.7 Å². The number of nitrogens with zero attached hydrogens (tertiary/aromatic N) is 2. The SMILES string of the molecule is CC(c1cccs1)N(C)c1nc(C(N)=O)ccc1N. The van der Waals surface area contributed by atoms with Crippen LogP contribution in [0.2, 0.25) is 0 Å². The lowest BCUT2D eigenvalue weighted by Crippen LogP contribution is -2.24. The summed E-state index contributed by atoms with van der Waals surface area (Å²) in [4.78, 5) is 18.6. The second kappa shape index (κ2) is 5.27. The zero-order valence-electron chi connectivity index (χ0n) is 10.8. The van der Waals surface area contributed by atoms with E-state index in [9.17, 15) is 4.79 Å². The van der Waals surface area contributed by atoms with Crippen molar-refractivity contribution in [1.82, 2.24) is 4.98 Å². The van der Waals surface area contributed by atoms with Crippen LogP contribution in [0.15, 0.2) is 29.6 Å². The molecule has 4 N–H and O–H groups in total. The number of rotatable bonds is 4. The highest BCUT2D eigenvalue weighted by Gasteiger charge is 2.18. The molecule has 0 aliphatic rings. The molecule has 0 aromatic carbocycles. The maximum absolute atomic E-state index is 11.2. The predicted molar refractivity (Wildman–Crippen MR) is 78.3 cm³/mol. The highest BCUT2D eigenvalue weighted by Crippen LogP contribution is 2.30. The fourth-order valence-corrected chi connectivity index (χ4v) is 2.61. The molecule has 100 valence electrons.